The predicted molar refractivity (Wildman–Crippen MR) is 111 cm³/mol. The Bertz CT molecular complexity index is 1160. The molecule has 0 unspecified atom stereocenters. The monoisotopic (exact) mass is 402 g/mol. The van der Waals surface area contributed by atoms with E-state index in [-0.39, 0.29) is 23.7 Å². The molecule has 6 nitrogen and oxygen atoms in total. The van der Waals surface area contributed by atoms with E-state index in [4.69, 9.17) is 9.15 Å². The van der Waals surface area contributed by atoms with Gasteiger partial charge in [0.25, 0.3) is 5.91 Å². The van der Waals surface area contributed by atoms with E-state index in [1.54, 1.807) is 11.9 Å². The quantitative estimate of drug-likeness (QED) is 0.655. The second kappa shape index (κ2) is 7.46. The number of nitrogens with zero attached hydrogens (tertiary/aromatic N) is 2. The van der Waals surface area contributed by atoms with Crippen molar-refractivity contribution in [1.29, 1.82) is 0 Å². The van der Waals surface area contributed by atoms with E-state index in [0.29, 0.717) is 18.8 Å². The van der Waals surface area contributed by atoms with Gasteiger partial charge in [0.1, 0.15) is 18.6 Å². The molecule has 0 spiro atoms. The van der Waals surface area contributed by atoms with Gasteiger partial charge in [0.15, 0.2) is 0 Å². The van der Waals surface area contributed by atoms with E-state index in [9.17, 15) is 9.59 Å². The standard InChI is InChI=1S/C24H22N2O4/c1-25-10-19-8-16(6-7-21(19)24(25)28)14-30-23-15-29-20(9-22(23)27)13-26-11-17-4-2-3-5-18(17)12-26/h2-9,15H,10-14H2,1H3. The first-order valence-electron chi connectivity index (χ1n) is 9.98. The summed E-state index contributed by atoms with van der Waals surface area (Å²) in [6.07, 6.45) is 1.39. The van der Waals surface area contributed by atoms with Crippen LogP contribution in [0.3, 0.4) is 0 Å². The molecule has 3 heterocycles. The molecule has 6 heteroatoms. The molecule has 2 aromatic carbocycles. The number of carbonyl (C=O) groups excluding carboxylic acids is 1. The molecule has 2 aliphatic heterocycles. The third kappa shape index (κ3) is 3.50. The normalized spacial score (nSPS) is 15.4. The minimum atomic E-state index is -0.191. The van der Waals surface area contributed by atoms with Gasteiger partial charge in [0.05, 0.1) is 6.54 Å². The number of fused-ring (bicyclic) bond motifs is 2. The molecule has 0 radical (unpaired) electrons. The van der Waals surface area contributed by atoms with Gasteiger partial charge in [-0.3, -0.25) is 14.5 Å². The maximum absolute atomic E-state index is 12.5. The van der Waals surface area contributed by atoms with Crippen molar-refractivity contribution in [3.63, 3.8) is 0 Å². The topological polar surface area (TPSA) is 63.0 Å². The van der Waals surface area contributed by atoms with Gasteiger partial charge in [-0.25, -0.2) is 0 Å². The highest BCUT2D eigenvalue weighted by Crippen LogP contribution is 2.25. The molecule has 5 rings (SSSR count). The van der Waals surface area contributed by atoms with E-state index in [2.05, 4.69) is 17.0 Å². The lowest BCUT2D eigenvalue weighted by Gasteiger charge is -2.14. The molecular weight excluding hydrogens is 380 g/mol. The van der Waals surface area contributed by atoms with Gasteiger partial charge >= 0.3 is 0 Å². The number of ether oxygens (including phenoxy) is 1. The lowest BCUT2D eigenvalue weighted by molar-refractivity contribution is 0.0816. The zero-order valence-electron chi connectivity index (χ0n) is 16.8. The summed E-state index contributed by atoms with van der Waals surface area (Å²) in [5, 5.41) is 0. The predicted octanol–water partition coefficient (Wildman–Crippen LogP) is 3.32. The highest BCUT2D eigenvalue weighted by atomic mass is 16.5. The smallest absolute Gasteiger partial charge is 0.254 e. The van der Waals surface area contributed by atoms with Crippen molar-refractivity contribution in [3.8, 4) is 5.75 Å². The van der Waals surface area contributed by atoms with E-state index in [0.717, 1.165) is 29.8 Å². The molecule has 152 valence electrons. The molecule has 0 bridgehead atoms. The average Bonchev–Trinajstić information content (AvgIpc) is 3.27. The van der Waals surface area contributed by atoms with Gasteiger partial charge in [-0.05, 0) is 34.4 Å². The maximum atomic E-state index is 12.5. The molecule has 0 atom stereocenters. The van der Waals surface area contributed by atoms with Crippen molar-refractivity contribution in [2.75, 3.05) is 7.05 Å². The maximum Gasteiger partial charge on any atom is 0.254 e. The van der Waals surface area contributed by atoms with Crippen molar-refractivity contribution < 1.29 is 13.9 Å². The summed E-state index contributed by atoms with van der Waals surface area (Å²) in [4.78, 5) is 28.4. The Morgan fingerprint density at radius 3 is 2.47 bits per heavy atom. The van der Waals surface area contributed by atoms with Crippen LogP contribution in [0.2, 0.25) is 0 Å². The Morgan fingerprint density at radius 1 is 0.967 bits per heavy atom. The van der Waals surface area contributed by atoms with Gasteiger partial charge in [-0.15, -0.1) is 0 Å². The van der Waals surface area contributed by atoms with Crippen molar-refractivity contribution >= 4 is 5.91 Å². The largest absolute Gasteiger partial charge is 0.482 e. The fourth-order valence-corrected chi connectivity index (χ4v) is 4.13. The first-order chi connectivity index (χ1) is 14.6. The van der Waals surface area contributed by atoms with Crippen molar-refractivity contribution in [2.45, 2.75) is 32.8 Å². The SMILES string of the molecule is CN1Cc2cc(COc3coc(CN4Cc5ccccc5C4)cc3=O)ccc2C1=O. The summed E-state index contributed by atoms with van der Waals surface area (Å²) in [5.74, 6) is 0.853. The van der Waals surface area contributed by atoms with Crippen LogP contribution in [-0.2, 0) is 32.8 Å². The zero-order valence-corrected chi connectivity index (χ0v) is 16.8. The molecule has 0 aliphatic carbocycles. The van der Waals surface area contributed by atoms with Crippen LogP contribution in [0.5, 0.6) is 5.75 Å². The summed E-state index contributed by atoms with van der Waals surface area (Å²) < 4.78 is 11.4. The van der Waals surface area contributed by atoms with Gasteiger partial charge in [-0.1, -0.05) is 30.3 Å². The number of rotatable bonds is 5. The molecule has 30 heavy (non-hydrogen) atoms. The van der Waals surface area contributed by atoms with E-state index < -0.39 is 0 Å². The van der Waals surface area contributed by atoms with Crippen molar-refractivity contribution in [1.82, 2.24) is 9.80 Å². The summed E-state index contributed by atoms with van der Waals surface area (Å²) >= 11 is 0. The van der Waals surface area contributed by atoms with Crippen LogP contribution in [0, 0.1) is 0 Å². The second-order valence-electron chi connectivity index (χ2n) is 7.93. The molecule has 0 saturated carbocycles. The van der Waals surface area contributed by atoms with Crippen LogP contribution in [0.1, 0.15) is 38.4 Å². The minimum Gasteiger partial charge on any atom is -0.482 e. The van der Waals surface area contributed by atoms with Crippen LogP contribution in [0.4, 0.5) is 0 Å². The summed E-state index contributed by atoms with van der Waals surface area (Å²) in [6.45, 7) is 3.13. The Labute approximate surface area is 174 Å². The number of carbonyl (C=O) groups is 1. The van der Waals surface area contributed by atoms with Crippen LogP contribution < -0.4 is 10.2 Å². The van der Waals surface area contributed by atoms with Crippen LogP contribution in [0.15, 0.2) is 64.0 Å². The summed E-state index contributed by atoms with van der Waals surface area (Å²) in [7, 11) is 1.78. The van der Waals surface area contributed by atoms with E-state index in [1.165, 1.54) is 23.5 Å². The fraction of sp³-hybridized carbons (Fsp3) is 0.250. The molecule has 2 aliphatic rings. The fourth-order valence-electron chi connectivity index (χ4n) is 4.13. The molecule has 0 fully saturated rings. The van der Waals surface area contributed by atoms with Gasteiger partial charge in [0.2, 0.25) is 11.2 Å². The van der Waals surface area contributed by atoms with E-state index >= 15 is 0 Å². The molecular formula is C24H22N2O4. The average molecular weight is 402 g/mol. The lowest BCUT2D eigenvalue weighted by atomic mass is 10.1. The van der Waals surface area contributed by atoms with Crippen LogP contribution in [-0.4, -0.2) is 22.8 Å². The van der Waals surface area contributed by atoms with Crippen LogP contribution >= 0.6 is 0 Å². The molecule has 0 N–H and O–H groups in total. The summed E-state index contributed by atoms with van der Waals surface area (Å²) in [6, 6.07) is 15.5. The second-order valence-corrected chi connectivity index (χ2v) is 7.93. The van der Waals surface area contributed by atoms with Gasteiger partial charge in [0, 0.05) is 38.3 Å². The van der Waals surface area contributed by atoms with Gasteiger partial charge < -0.3 is 14.1 Å². The summed E-state index contributed by atoms with van der Waals surface area (Å²) in [5.41, 5.74) is 5.08. The Kier molecular flexibility index (Phi) is 4.64. The number of hydrogen-bond acceptors (Lipinski definition) is 5. The Balaban J connectivity index is 1.22. The highest BCUT2D eigenvalue weighted by Gasteiger charge is 2.24. The Hall–Kier alpha value is -3.38. The van der Waals surface area contributed by atoms with Crippen molar-refractivity contribution in [2.24, 2.45) is 0 Å². The highest BCUT2D eigenvalue weighted by molar-refractivity contribution is 5.98. The first-order valence-corrected chi connectivity index (χ1v) is 9.98. The Morgan fingerprint density at radius 2 is 1.73 bits per heavy atom. The third-order valence-corrected chi connectivity index (χ3v) is 5.69. The minimum absolute atomic E-state index is 0.0369. The molecule has 1 amide bonds. The zero-order chi connectivity index (χ0) is 20.7. The number of amides is 1. The molecule has 0 saturated heterocycles. The molecule has 3 aromatic rings. The van der Waals surface area contributed by atoms with Crippen molar-refractivity contribution in [3.05, 3.63) is 98.6 Å². The van der Waals surface area contributed by atoms with Gasteiger partial charge in [-0.2, -0.15) is 0 Å². The molecule has 1 aromatic heterocycles. The third-order valence-electron chi connectivity index (χ3n) is 5.69. The first kappa shape index (κ1) is 18.6. The number of benzene rings is 2. The number of hydrogen-bond donors (Lipinski definition) is 0. The van der Waals surface area contributed by atoms with Crippen LogP contribution in [0.25, 0.3) is 0 Å². The van der Waals surface area contributed by atoms with E-state index in [1.807, 2.05) is 30.3 Å². The lowest BCUT2D eigenvalue weighted by Crippen LogP contribution is -2.17.